The maximum absolute atomic E-state index is 12.2. The Bertz CT molecular complexity index is 658. The van der Waals surface area contributed by atoms with Crippen molar-refractivity contribution in [3.8, 4) is 0 Å². The summed E-state index contributed by atoms with van der Waals surface area (Å²) in [5, 5.41) is 5.96. The Morgan fingerprint density at radius 3 is 2.67 bits per heavy atom. The van der Waals surface area contributed by atoms with Crippen molar-refractivity contribution in [3.05, 3.63) is 46.3 Å². The largest absolute Gasteiger partial charge is 0.368 e. The van der Waals surface area contributed by atoms with Crippen molar-refractivity contribution in [3.63, 3.8) is 0 Å². The topological polar surface area (TPSA) is 66.9 Å². The first kappa shape index (κ1) is 15.4. The van der Waals surface area contributed by atoms with Crippen LogP contribution in [0.4, 0.5) is 11.5 Å². The third-order valence-electron chi connectivity index (χ3n) is 2.77. The van der Waals surface area contributed by atoms with Gasteiger partial charge in [0.2, 0.25) is 0 Å². The molecule has 2 aromatic rings. The van der Waals surface area contributed by atoms with Crippen molar-refractivity contribution in [1.29, 1.82) is 0 Å². The molecule has 0 aliphatic heterocycles. The summed E-state index contributed by atoms with van der Waals surface area (Å²) in [5.41, 5.74) is 2.15. The lowest BCUT2D eigenvalue weighted by molar-refractivity contribution is 0.102. The van der Waals surface area contributed by atoms with E-state index in [0.29, 0.717) is 11.5 Å². The van der Waals surface area contributed by atoms with Gasteiger partial charge in [0.15, 0.2) is 0 Å². The van der Waals surface area contributed by atoms with Crippen molar-refractivity contribution in [1.82, 2.24) is 9.97 Å². The molecule has 0 radical (unpaired) electrons. The summed E-state index contributed by atoms with van der Waals surface area (Å²) in [4.78, 5) is 20.3. The van der Waals surface area contributed by atoms with E-state index >= 15 is 0 Å². The van der Waals surface area contributed by atoms with Gasteiger partial charge in [-0.25, -0.2) is 9.97 Å². The number of nitrogens with zero attached hydrogens (tertiary/aromatic N) is 2. The normalized spacial score (nSPS) is 10.5. The van der Waals surface area contributed by atoms with Gasteiger partial charge in [-0.2, -0.15) is 0 Å². The highest BCUT2D eigenvalue weighted by Gasteiger charge is 2.10. The van der Waals surface area contributed by atoms with Gasteiger partial charge in [-0.1, -0.05) is 22.0 Å². The van der Waals surface area contributed by atoms with Crippen molar-refractivity contribution < 1.29 is 4.79 Å². The molecule has 0 fully saturated rings. The summed E-state index contributed by atoms with van der Waals surface area (Å²) in [7, 11) is 0. The number of carbonyl (C=O) groups is 1. The van der Waals surface area contributed by atoms with Crippen molar-refractivity contribution in [2.24, 2.45) is 0 Å². The van der Waals surface area contributed by atoms with Gasteiger partial charge in [-0.15, -0.1) is 0 Å². The predicted octanol–water partition coefficient (Wildman–Crippen LogP) is 3.62. The van der Waals surface area contributed by atoms with E-state index in [1.54, 1.807) is 6.07 Å². The summed E-state index contributed by atoms with van der Waals surface area (Å²) in [6.45, 7) is 6.00. The molecule has 0 saturated carbocycles. The van der Waals surface area contributed by atoms with Crippen LogP contribution in [0.5, 0.6) is 0 Å². The summed E-state index contributed by atoms with van der Waals surface area (Å²) in [6, 6.07) is 7.53. The van der Waals surface area contributed by atoms with Crippen molar-refractivity contribution >= 4 is 33.3 Å². The Kier molecular flexibility index (Phi) is 4.90. The van der Waals surface area contributed by atoms with E-state index in [2.05, 4.69) is 36.5 Å². The molecule has 1 amide bonds. The molecule has 2 rings (SSSR count). The average Bonchev–Trinajstić information content (AvgIpc) is 2.42. The molecular formula is C15H17BrN4O. The Morgan fingerprint density at radius 2 is 2.00 bits per heavy atom. The molecule has 0 unspecified atom stereocenters. The Hall–Kier alpha value is -1.95. The number of aryl methyl sites for hydroxylation is 1. The predicted molar refractivity (Wildman–Crippen MR) is 87.6 cm³/mol. The zero-order chi connectivity index (χ0) is 15.4. The van der Waals surface area contributed by atoms with E-state index in [0.717, 1.165) is 15.7 Å². The lowest BCUT2D eigenvalue weighted by atomic mass is 10.2. The third kappa shape index (κ3) is 4.26. The van der Waals surface area contributed by atoms with E-state index < -0.39 is 0 Å². The summed E-state index contributed by atoms with van der Waals surface area (Å²) >= 11 is 3.44. The number of benzene rings is 1. The van der Waals surface area contributed by atoms with Crippen LogP contribution in [0.25, 0.3) is 0 Å². The fourth-order valence-corrected chi connectivity index (χ4v) is 2.10. The van der Waals surface area contributed by atoms with Crippen molar-refractivity contribution in [2.75, 3.05) is 10.6 Å². The molecule has 0 bridgehead atoms. The fourth-order valence-electron chi connectivity index (χ4n) is 1.72. The number of rotatable bonds is 4. The van der Waals surface area contributed by atoms with Crippen LogP contribution in [0.2, 0.25) is 0 Å². The smallest absolute Gasteiger partial charge is 0.274 e. The first-order valence-corrected chi connectivity index (χ1v) is 7.41. The Labute approximate surface area is 132 Å². The minimum atomic E-state index is -0.264. The third-order valence-corrected chi connectivity index (χ3v) is 3.62. The number of aromatic nitrogens is 2. The molecular weight excluding hydrogens is 332 g/mol. The molecule has 0 aliphatic rings. The van der Waals surface area contributed by atoms with Gasteiger partial charge < -0.3 is 10.6 Å². The number of halogens is 1. The molecule has 1 aromatic carbocycles. The van der Waals surface area contributed by atoms with E-state index in [9.17, 15) is 4.79 Å². The lowest BCUT2D eigenvalue weighted by Crippen LogP contribution is -2.16. The molecule has 110 valence electrons. The van der Waals surface area contributed by atoms with Gasteiger partial charge in [0.1, 0.15) is 17.8 Å². The number of hydrogen-bond donors (Lipinski definition) is 2. The van der Waals surface area contributed by atoms with Crippen LogP contribution in [0.3, 0.4) is 0 Å². The first-order valence-electron chi connectivity index (χ1n) is 6.62. The highest BCUT2D eigenvalue weighted by atomic mass is 79.9. The molecule has 21 heavy (non-hydrogen) atoms. The highest BCUT2D eigenvalue weighted by molar-refractivity contribution is 9.10. The summed E-state index contributed by atoms with van der Waals surface area (Å²) in [6.07, 6.45) is 1.38. The van der Waals surface area contributed by atoms with Gasteiger partial charge in [-0.05, 0) is 38.5 Å². The van der Waals surface area contributed by atoms with Crippen LogP contribution in [0, 0.1) is 6.92 Å². The van der Waals surface area contributed by atoms with E-state index in [4.69, 9.17) is 0 Å². The fraction of sp³-hybridized carbons (Fsp3) is 0.267. The molecule has 6 heteroatoms. The lowest BCUT2D eigenvalue weighted by Gasteiger charge is -2.10. The molecule has 0 aliphatic carbocycles. The SMILES string of the molecule is Cc1ccc(NC(=O)c2cc(NC(C)C)ncn2)cc1Br. The number of carbonyl (C=O) groups excluding carboxylic acids is 1. The Morgan fingerprint density at radius 1 is 1.24 bits per heavy atom. The minimum absolute atomic E-state index is 0.240. The molecule has 1 heterocycles. The van der Waals surface area contributed by atoms with Gasteiger partial charge >= 0.3 is 0 Å². The molecule has 2 N–H and O–H groups in total. The second-order valence-electron chi connectivity index (χ2n) is 5.01. The second-order valence-corrected chi connectivity index (χ2v) is 5.86. The van der Waals surface area contributed by atoms with Crippen LogP contribution in [0.15, 0.2) is 35.1 Å². The number of hydrogen-bond acceptors (Lipinski definition) is 4. The van der Waals surface area contributed by atoms with Gasteiger partial charge in [0.05, 0.1) is 0 Å². The van der Waals surface area contributed by atoms with Crippen LogP contribution < -0.4 is 10.6 Å². The first-order chi connectivity index (χ1) is 9.95. The average molecular weight is 349 g/mol. The number of amides is 1. The maximum atomic E-state index is 12.2. The molecule has 1 aromatic heterocycles. The second kappa shape index (κ2) is 6.67. The zero-order valence-electron chi connectivity index (χ0n) is 12.1. The quantitative estimate of drug-likeness (QED) is 0.885. The summed E-state index contributed by atoms with van der Waals surface area (Å²) < 4.78 is 0.949. The standard InChI is InChI=1S/C15H17BrN4O/c1-9(2)19-14-7-13(17-8-18-14)15(21)20-11-5-4-10(3)12(16)6-11/h4-9H,1-3H3,(H,20,21)(H,17,18,19). The highest BCUT2D eigenvalue weighted by Crippen LogP contribution is 2.21. The number of anilines is 2. The van der Waals surface area contributed by atoms with E-state index in [1.807, 2.05) is 39.0 Å². The Balaban J connectivity index is 2.14. The number of nitrogens with one attached hydrogen (secondary N) is 2. The van der Waals surface area contributed by atoms with Gasteiger partial charge in [0.25, 0.3) is 5.91 Å². The van der Waals surface area contributed by atoms with Crippen LogP contribution in [0.1, 0.15) is 29.9 Å². The van der Waals surface area contributed by atoms with Crippen molar-refractivity contribution in [2.45, 2.75) is 26.8 Å². The maximum Gasteiger partial charge on any atom is 0.274 e. The van der Waals surface area contributed by atoms with Gasteiger partial charge in [0, 0.05) is 22.3 Å². The molecule has 0 spiro atoms. The molecule has 0 atom stereocenters. The van der Waals surface area contributed by atoms with Gasteiger partial charge in [-0.3, -0.25) is 4.79 Å². The monoisotopic (exact) mass is 348 g/mol. The molecule has 0 saturated heterocycles. The summed E-state index contributed by atoms with van der Waals surface area (Å²) in [5.74, 6) is 0.371. The van der Waals surface area contributed by atoms with Crippen LogP contribution >= 0.6 is 15.9 Å². The zero-order valence-corrected chi connectivity index (χ0v) is 13.7. The van der Waals surface area contributed by atoms with Crippen LogP contribution in [-0.2, 0) is 0 Å². The minimum Gasteiger partial charge on any atom is -0.368 e. The van der Waals surface area contributed by atoms with E-state index in [1.165, 1.54) is 6.33 Å². The van der Waals surface area contributed by atoms with Crippen LogP contribution in [-0.4, -0.2) is 21.9 Å². The molecule has 5 nitrogen and oxygen atoms in total. The van der Waals surface area contributed by atoms with E-state index in [-0.39, 0.29) is 11.9 Å².